The molecule has 0 spiro atoms. The summed E-state index contributed by atoms with van der Waals surface area (Å²) in [7, 11) is -0.483. The summed E-state index contributed by atoms with van der Waals surface area (Å²) in [6.07, 6.45) is 0. The fourth-order valence-electron chi connectivity index (χ4n) is 1.47. The molecular weight excluding hydrogens is 170 g/mol. The SMILES string of the molecule is CN=S(=O)(C(C)(C)C)C(C)(C)C. The van der Waals surface area contributed by atoms with Crippen molar-refractivity contribution in [2.45, 2.75) is 51.0 Å². The van der Waals surface area contributed by atoms with Crippen LogP contribution in [0.4, 0.5) is 0 Å². The first-order valence-corrected chi connectivity index (χ1v) is 5.72. The van der Waals surface area contributed by atoms with Crippen LogP contribution in [0.5, 0.6) is 0 Å². The topological polar surface area (TPSA) is 29.4 Å². The van der Waals surface area contributed by atoms with Gasteiger partial charge in [0.25, 0.3) is 0 Å². The zero-order valence-electron chi connectivity index (χ0n) is 9.26. The lowest BCUT2D eigenvalue weighted by Crippen LogP contribution is -2.41. The second kappa shape index (κ2) is 3.02. The maximum atomic E-state index is 12.4. The van der Waals surface area contributed by atoms with Crippen LogP contribution in [-0.4, -0.2) is 20.8 Å². The molecular formula is C9H21NOS. The first-order valence-electron chi connectivity index (χ1n) is 4.20. The van der Waals surface area contributed by atoms with E-state index in [-0.39, 0.29) is 9.49 Å². The highest BCUT2D eigenvalue weighted by Gasteiger charge is 2.36. The molecule has 12 heavy (non-hydrogen) atoms. The Morgan fingerprint density at radius 3 is 1.17 bits per heavy atom. The van der Waals surface area contributed by atoms with Gasteiger partial charge in [-0.1, -0.05) is 0 Å². The number of nitrogens with zero attached hydrogens (tertiary/aromatic N) is 1. The second-order valence-electron chi connectivity index (χ2n) is 4.93. The highest BCUT2D eigenvalue weighted by Crippen LogP contribution is 2.30. The fourth-order valence-corrected chi connectivity index (χ4v) is 4.40. The van der Waals surface area contributed by atoms with Gasteiger partial charge in [0.2, 0.25) is 0 Å². The lowest BCUT2D eigenvalue weighted by atomic mass is 10.2. The molecule has 0 aromatic rings. The summed E-state index contributed by atoms with van der Waals surface area (Å²) in [5, 5.41) is 0. The summed E-state index contributed by atoms with van der Waals surface area (Å²) in [6, 6.07) is 0. The van der Waals surface area contributed by atoms with E-state index in [9.17, 15) is 4.21 Å². The lowest BCUT2D eigenvalue weighted by molar-refractivity contribution is 0.599. The smallest absolute Gasteiger partial charge is 0.0564 e. The Kier molecular flexibility index (Phi) is 3.01. The monoisotopic (exact) mass is 191 g/mol. The standard InChI is InChI=1S/C9H21NOS/c1-8(2,3)12(11,10-7)9(4,5)6/h1-7H3. The Morgan fingerprint density at radius 2 is 1.17 bits per heavy atom. The molecule has 3 heteroatoms. The quantitative estimate of drug-likeness (QED) is 0.579. The Morgan fingerprint density at radius 1 is 0.917 bits per heavy atom. The minimum absolute atomic E-state index is 0.250. The van der Waals surface area contributed by atoms with Crippen LogP contribution in [-0.2, 0) is 9.73 Å². The van der Waals surface area contributed by atoms with Crippen molar-refractivity contribution in [3.8, 4) is 0 Å². The van der Waals surface area contributed by atoms with Crippen LogP contribution >= 0.6 is 0 Å². The zero-order chi connectivity index (χ0) is 10.2. The molecule has 0 heterocycles. The predicted molar refractivity (Wildman–Crippen MR) is 56.0 cm³/mol. The molecule has 0 radical (unpaired) electrons. The average molecular weight is 191 g/mol. The summed E-state index contributed by atoms with van der Waals surface area (Å²) in [4.78, 5) is 0. The Labute approximate surface area is 76.9 Å². The minimum Gasteiger partial charge on any atom is -0.249 e. The molecule has 2 nitrogen and oxygen atoms in total. The summed E-state index contributed by atoms with van der Waals surface area (Å²) in [5.41, 5.74) is 0. The van der Waals surface area contributed by atoms with Gasteiger partial charge in [-0.2, -0.15) is 0 Å². The molecule has 0 amide bonds. The summed E-state index contributed by atoms with van der Waals surface area (Å²) < 4.78 is 16.0. The number of hydrogen-bond donors (Lipinski definition) is 0. The molecule has 0 saturated heterocycles. The molecule has 74 valence electrons. The van der Waals surface area contributed by atoms with Crippen LogP contribution in [0.1, 0.15) is 41.5 Å². The number of hydrogen-bond acceptors (Lipinski definition) is 2. The van der Waals surface area contributed by atoms with E-state index in [1.807, 2.05) is 41.5 Å². The molecule has 0 aliphatic carbocycles. The second-order valence-corrected chi connectivity index (χ2v) is 8.80. The highest BCUT2D eigenvalue weighted by molar-refractivity contribution is 7.96. The summed E-state index contributed by atoms with van der Waals surface area (Å²) in [6.45, 7) is 11.9. The average Bonchev–Trinajstić information content (AvgIpc) is 1.81. The fraction of sp³-hybridized carbons (Fsp3) is 1.00. The van der Waals surface area contributed by atoms with Gasteiger partial charge in [-0.05, 0) is 41.5 Å². The van der Waals surface area contributed by atoms with Gasteiger partial charge in [0.05, 0.1) is 9.73 Å². The first-order chi connectivity index (χ1) is 5.06. The van der Waals surface area contributed by atoms with Crippen LogP contribution in [0.3, 0.4) is 0 Å². The normalized spacial score (nSPS) is 14.6. The van der Waals surface area contributed by atoms with Crippen molar-refractivity contribution in [3.05, 3.63) is 0 Å². The van der Waals surface area contributed by atoms with Crippen molar-refractivity contribution in [2.24, 2.45) is 4.36 Å². The molecule has 0 aliphatic heterocycles. The van der Waals surface area contributed by atoms with Crippen molar-refractivity contribution in [2.75, 3.05) is 7.05 Å². The molecule has 0 aromatic carbocycles. The van der Waals surface area contributed by atoms with E-state index < -0.39 is 9.73 Å². The van der Waals surface area contributed by atoms with Crippen molar-refractivity contribution >= 4 is 9.73 Å². The van der Waals surface area contributed by atoms with E-state index in [1.54, 1.807) is 7.05 Å². The van der Waals surface area contributed by atoms with Gasteiger partial charge < -0.3 is 0 Å². The molecule has 0 saturated carbocycles. The minimum atomic E-state index is -2.13. The number of rotatable bonds is 0. The Hall–Kier alpha value is -0.0500. The van der Waals surface area contributed by atoms with Gasteiger partial charge in [0.1, 0.15) is 0 Å². The molecule has 0 N–H and O–H groups in total. The Bertz CT molecular complexity index is 239. The van der Waals surface area contributed by atoms with E-state index in [0.29, 0.717) is 0 Å². The van der Waals surface area contributed by atoms with Crippen molar-refractivity contribution < 1.29 is 4.21 Å². The first kappa shape index (κ1) is 11.9. The highest BCUT2D eigenvalue weighted by atomic mass is 32.2. The van der Waals surface area contributed by atoms with Gasteiger partial charge in [0.15, 0.2) is 0 Å². The molecule has 0 bridgehead atoms. The van der Waals surface area contributed by atoms with Gasteiger partial charge >= 0.3 is 0 Å². The maximum Gasteiger partial charge on any atom is 0.0564 e. The van der Waals surface area contributed by atoms with Crippen LogP contribution in [0.25, 0.3) is 0 Å². The molecule has 0 rings (SSSR count). The molecule has 0 unspecified atom stereocenters. The summed E-state index contributed by atoms with van der Waals surface area (Å²) in [5.74, 6) is 0. The van der Waals surface area contributed by atoms with Crippen molar-refractivity contribution in [1.29, 1.82) is 0 Å². The van der Waals surface area contributed by atoms with Crippen LogP contribution < -0.4 is 0 Å². The van der Waals surface area contributed by atoms with Crippen molar-refractivity contribution in [1.82, 2.24) is 0 Å². The van der Waals surface area contributed by atoms with Crippen LogP contribution in [0.2, 0.25) is 0 Å². The zero-order valence-corrected chi connectivity index (χ0v) is 10.1. The maximum absolute atomic E-state index is 12.4. The third-order valence-electron chi connectivity index (χ3n) is 1.92. The summed E-state index contributed by atoms with van der Waals surface area (Å²) >= 11 is 0. The van der Waals surface area contributed by atoms with E-state index >= 15 is 0 Å². The third-order valence-corrected chi connectivity index (χ3v) is 5.75. The van der Waals surface area contributed by atoms with Crippen molar-refractivity contribution in [3.63, 3.8) is 0 Å². The Balaban J connectivity index is 5.46. The van der Waals surface area contributed by atoms with Crippen LogP contribution in [0, 0.1) is 0 Å². The van der Waals surface area contributed by atoms with Crippen LogP contribution in [0.15, 0.2) is 4.36 Å². The molecule has 0 aromatic heterocycles. The molecule has 0 fully saturated rings. The van der Waals surface area contributed by atoms with Gasteiger partial charge in [-0.25, -0.2) is 8.57 Å². The van der Waals surface area contributed by atoms with E-state index in [2.05, 4.69) is 4.36 Å². The lowest BCUT2D eigenvalue weighted by Gasteiger charge is -2.34. The van der Waals surface area contributed by atoms with Gasteiger partial charge in [0, 0.05) is 16.5 Å². The largest absolute Gasteiger partial charge is 0.249 e. The molecule has 0 aliphatic rings. The van der Waals surface area contributed by atoms with E-state index in [1.165, 1.54) is 0 Å². The van der Waals surface area contributed by atoms with Gasteiger partial charge in [-0.15, -0.1) is 0 Å². The van der Waals surface area contributed by atoms with E-state index in [4.69, 9.17) is 0 Å². The van der Waals surface area contributed by atoms with E-state index in [0.717, 1.165) is 0 Å². The third kappa shape index (κ3) is 1.82. The van der Waals surface area contributed by atoms with Gasteiger partial charge in [-0.3, -0.25) is 0 Å². The molecule has 0 atom stereocenters. The predicted octanol–water partition coefficient (Wildman–Crippen LogP) is 2.68.